The van der Waals surface area contributed by atoms with Crippen molar-refractivity contribution in [3.05, 3.63) is 5.89 Å². The van der Waals surface area contributed by atoms with Crippen LogP contribution >= 0.6 is 11.6 Å². The SMILES string of the molecule is COC(C)CNc1nnc(CCl)o1. The summed E-state index contributed by atoms with van der Waals surface area (Å²) in [6.45, 7) is 2.56. The molecule has 0 aliphatic carbocycles. The molecule has 5 nitrogen and oxygen atoms in total. The molecule has 1 unspecified atom stereocenters. The number of methoxy groups -OCH3 is 1. The minimum Gasteiger partial charge on any atom is -0.407 e. The lowest BCUT2D eigenvalue weighted by Crippen LogP contribution is -2.18. The normalized spacial score (nSPS) is 12.8. The fourth-order valence-corrected chi connectivity index (χ4v) is 0.801. The third-order valence-corrected chi connectivity index (χ3v) is 1.75. The van der Waals surface area contributed by atoms with Gasteiger partial charge < -0.3 is 14.5 Å². The molecule has 1 N–H and O–H groups in total. The summed E-state index contributed by atoms with van der Waals surface area (Å²) < 4.78 is 10.1. The number of ether oxygens (including phenoxy) is 1. The molecule has 0 aliphatic rings. The Bertz CT molecular complexity index is 254. The molecule has 1 aromatic heterocycles. The van der Waals surface area contributed by atoms with Crippen molar-refractivity contribution >= 4 is 17.6 Å². The second-order valence-corrected chi connectivity index (χ2v) is 2.83. The largest absolute Gasteiger partial charge is 0.407 e. The smallest absolute Gasteiger partial charge is 0.315 e. The minimum atomic E-state index is 0.103. The van der Waals surface area contributed by atoms with Gasteiger partial charge in [0.1, 0.15) is 5.88 Å². The van der Waals surface area contributed by atoms with Crippen molar-refractivity contribution in [1.29, 1.82) is 0 Å². The summed E-state index contributed by atoms with van der Waals surface area (Å²) >= 11 is 5.48. The summed E-state index contributed by atoms with van der Waals surface area (Å²) in [7, 11) is 1.64. The summed E-state index contributed by atoms with van der Waals surface area (Å²) in [4.78, 5) is 0. The van der Waals surface area contributed by atoms with Crippen LogP contribution in [0, 0.1) is 0 Å². The van der Waals surface area contributed by atoms with Gasteiger partial charge in [-0.05, 0) is 6.92 Å². The van der Waals surface area contributed by atoms with E-state index in [0.29, 0.717) is 18.5 Å². The molecule has 1 rings (SSSR count). The number of rotatable bonds is 5. The summed E-state index contributed by atoms with van der Waals surface area (Å²) in [5, 5.41) is 10.3. The number of halogens is 1. The maximum Gasteiger partial charge on any atom is 0.315 e. The number of aromatic nitrogens is 2. The Morgan fingerprint density at radius 3 is 2.92 bits per heavy atom. The van der Waals surface area contributed by atoms with E-state index in [4.69, 9.17) is 20.8 Å². The van der Waals surface area contributed by atoms with Gasteiger partial charge in [-0.3, -0.25) is 0 Å². The van der Waals surface area contributed by atoms with Crippen LogP contribution in [0.15, 0.2) is 4.42 Å². The molecule has 1 heterocycles. The fourth-order valence-electron chi connectivity index (χ4n) is 0.693. The van der Waals surface area contributed by atoms with Crippen LogP contribution in [0.5, 0.6) is 0 Å². The zero-order valence-electron chi connectivity index (χ0n) is 7.58. The molecule has 0 aromatic carbocycles. The molecule has 0 radical (unpaired) electrons. The molecule has 0 saturated carbocycles. The molecule has 1 aromatic rings. The number of nitrogens with zero attached hydrogens (tertiary/aromatic N) is 2. The number of hydrogen-bond acceptors (Lipinski definition) is 5. The van der Waals surface area contributed by atoms with Gasteiger partial charge >= 0.3 is 6.01 Å². The van der Waals surface area contributed by atoms with Gasteiger partial charge in [0.25, 0.3) is 0 Å². The second-order valence-electron chi connectivity index (χ2n) is 2.56. The van der Waals surface area contributed by atoms with Gasteiger partial charge in [0.2, 0.25) is 5.89 Å². The molecule has 6 heteroatoms. The zero-order chi connectivity index (χ0) is 9.68. The van der Waals surface area contributed by atoms with Gasteiger partial charge in [0.15, 0.2) is 0 Å². The lowest BCUT2D eigenvalue weighted by molar-refractivity contribution is 0.128. The van der Waals surface area contributed by atoms with Gasteiger partial charge in [-0.15, -0.1) is 16.7 Å². The highest BCUT2D eigenvalue weighted by molar-refractivity contribution is 6.16. The Balaban J connectivity index is 2.36. The van der Waals surface area contributed by atoms with Gasteiger partial charge in [0, 0.05) is 13.7 Å². The molecule has 0 bridgehead atoms. The third-order valence-electron chi connectivity index (χ3n) is 1.52. The predicted molar refractivity (Wildman–Crippen MR) is 48.8 cm³/mol. The lowest BCUT2D eigenvalue weighted by Gasteiger charge is -2.07. The molecule has 0 saturated heterocycles. The Morgan fingerprint density at radius 2 is 2.38 bits per heavy atom. The topological polar surface area (TPSA) is 60.2 Å². The molecule has 0 aliphatic heterocycles. The monoisotopic (exact) mass is 205 g/mol. The van der Waals surface area contributed by atoms with Crippen LogP contribution in [0.3, 0.4) is 0 Å². The Hall–Kier alpha value is -0.810. The molecule has 0 fully saturated rings. The quantitative estimate of drug-likeness (QED) is 0.734. The molecular weight excluding hydrogens is 194 g/mol. The van der Waals surface area contributed by atoms with E-state index >= 15 is 0 Å². The van der Waals surface area contributed by atoms with Crippen molar-refractivity contribution in [2.75, 3.05) is 19.0 Å². The highest BCUT2D eigenvalue weighted by atomic mass is 35.5. The Labute approximate surface area is 81.4 Å². The highest BCUT2D eigenvalue weighted by Gasteiger charge is 2.05. The van der Waals surface area contributed by atoms with Crippen LogP contribution in [0.1, 0.15) is 12.8 Å². The molecule has 0 spiro atoms. The summed E-state index contributed by atoms with van der Waals surface area (Å²) in [5.41, 5.74) is 0. The van der Waals surface area contributed by atoms with Crippen LogP contribution in [-0.4, -0.2) is 30.0 Å². The molecule has 1 atom stereocenters. The van der Waals surface area contributed by atoms with Crippen LogP contribution < -0.4 is 5.32 Å². The summed E-state index contributed by atoms with van der Waals surface area (Å²) in [6, 6.07) is 0.375. The first-order chi connectivity index (χ1) is 6.26. The van der Waals surface area contributed by atoms with Gasteiger partial charge in [-0.1, -0.05) is 5.10 Å². The standard InChI is InChI=1S/C7H12ClN3O2/c1-5(12-2)4-9-7-11-10-6(3-8)13-7/h5H,3-4H2,1-2H3,(H,9,11). The van der Waals surface area contributed by atoms with E-state index < -0.39 is 0 Å². The van der Waals surface area contributed by atoms with Crippen LogP contribution in [0.2, 0.25) is 0 Å². The number of hydrogen-bond donors (Lipinski definition) is 1. The van der Waals surface area contributed by atoms with Crippen LogP contribution in [-0.2, 0) is 10.6 Å². The number of nitrogens with one attached hydrogen (secondary N) is 1. The number of alkyl halides is 1. The van der Waals surface area contributed by atoms with E-state index in [1.54, 1.807) is 7.11 Å². The fraction of sp³-hybridized carbons (Fsp3) is 0.714. The first kappa shape index (κ1) is 10.3. The van der Waals surface area contributed by atoms with Crippen molar-refractivity contribution in [2.45, 2.75) is 18.9 Å². The van der Waals surface area contributed by atoms with Crippen molar-refractivity contribution in [1.82, 2.24) is 10.2 Å². The second kappa shape index (κ2) is 5.04. The zero-order valence-corrected chi connectivity index (χ0v) is 8.34. The van der Waals surface area contributed by atoms with Crippen LogP contribution in [0.4, 0.5) is 6.01 Å². The van der Waals surface area contributed by atoms with Gasteiger partial charge in [-0.25, -0.2) is 0 Å². The van der Waals surface area contributed by atoms with E-state index in [9.17, 15) is 0 Å². The molecular formula is C7H12ClN3O2. The maximum atomic E-state index is 5.48. The van der Waals surface area contributed by atoms with Crippen molar-refractivity contribution in [3.8, 4) is 0 Å². The Kier molecular flexibility index (Phi) is 3.98. The van der Waals surface area contributed by atoms with E-state index in [0.717, 1.165) is 0 Å². The first-order valence-corrected chi connectivity index (χ1v) is 4.44. The van der Waals surface area contributed by atoms with Gasteiger partial charge in [-0.2, -0.15) is 0 Å². The molecule has 13 heavy (non-hydrogen) atoms. The Morgan fingerprint density at radius 1 is 1.62 bits per heavy atom. The molecule has 74 valence electrons. The highest BCUT2D eigenvalue weighted by Crippen LogP contribution is 2.07. The predicted octanol–water partition coefficient (Wildman–Crippen LogP) is 1.26. The summed E-state index contributed by atoms with van der Waals surface area (Å²) in [6.07, 6.45) is 0.103. The van der Waals surface area contributed by atoms with Crippen molar-refractivity contribution < 1.29 is 9.15 Å². The van der Waals surface area contributed by atoms with Crippen molar-refractivity contribution in [2.24, 2.45) is 0 Å². The third kappa shape index (κ3) is 3.20. The van der Waals surface area contributed by atoms with Crippen LogP contribution in [0.25, 0.3) is 0 Å². The maximum absolute atomic E-state index is 5.48. The van der Waals surface area contributed by atoms with Gasteiger partial charge in [0.05, 0.1) is 6.10 Å². The van der Waals surface area contributed by atoms with E-state index in [2.05, 4.69) is 15.5 Å². The first-order valence-electron chi connectivity index (χ1n) is 3.91. The van der Waals surface area contributed by atoms with Crippen molar-refractivity contribution in [3.63, 3.8) is 0 Å². The average Bonchev–Trinajstić information content (AvgIpc) is 2.61. The van der Waals surface area contributed by atoms with E-state index in [1.165, 1.54) is 0 Å². The minimum absolute atomic E-state index is 0.103. The number of anilines is 1. The average molecular weight is 206 g/mol. The van der Waals surface area contributed by atoms with E-state index in [1.807, 2.05) is 6.92 Å². The lowest BCUT2D eigenvalue weighted by atomic mass is 10.4. The molecule has 0 amide bonds. The van der Waals surface area contributed by atoms with E-state index in [-0.39, 0.29) is 12.0 Å². The summed E-state index contributed by atoms with van der Waals surface area (Å²) in [5.74, 6) is 0.642.